The third-order valence-electron chi connectivity index (χ3n) is 2.72. The van der Waals surface area contributed by atoms with Crippen LogP contribution in [0.3, 0.4) is 0 Å². The molecule has 0 bridgehead atoms. The van der Waals surface area contributed by atoms with Crippen molar-refractivity contribution in [1.29, 1.82) is 0 Å². The third kappa shape index (κ3) is 3.48. The molecule has 2 rings (SSSR count). The number of nitrogens with zero attached hydrogens (tertiary/aromatic N) is 4. The zero-order valence-electron chi connectivity index (χ0n) is 10.5. The van der Waals surface area contributed by atoms with E-state index in [1.807, 2.05) is 24.1 Å². The minimum absolute atomic E-state index is 0.0479. The van der Waals surface area contributed by atoms with Gasteiger partial charge >= 0.3 is 5.97 Å². The molecule has 2 heterocycles. The van der Waals surface area contributed by atoms with E-state index < -0.39 is 5.97 Å². The molecule has 0 fully saturated rings. The molecule has 1 N–H and O–H groups in total. The highest BCUT2D eigenvalue weighted by Gasteiger charge is 2.09. The highest BCUT2D eigenvalue weighted by molar-refractivity contribution is 5.85. The second-order valence-electron chi connectivity index (χ2n) is 4.09. The van der Waals surface area contributed by atoms with Crippen molar-refractivity contribution in [2.45, 2.75) is 6.42 Å². The molecule has 0 aromatic carbocycles. The van der Waals surface area contributed by atoms with Gasteiger partial charge in [0, 0.05) is 26.0 Å². The summed E-state index contributed by atoms with van der Waals surface area (Å²) in [7, 11) is 1.86. The number of carboxylic acid groups (broad SMARTS) is 1. The first-order valence-corrected chi connectivity index (χ1v) is 5.82. The quantitative estimate of drug-likeness (QED) is 0.869. The highest BCUT2D eigenvalue weighted by atomic mass is 16.4. The Bertz CT molecular complexity index is 560. The van der Waals surface area contributed by atoms with Gasteiger partial charge in [0.2, 0.25) is 0 Å². The van der Waals surface area contributed by atoms with E-state index in [1.165, 1.54) is 11.8 Å². The lowest BCUT2D eigenvalue weighted by Gasteiger charge is -2.17. The number of rotatable bonds is 5. The summed E-state index contributed by atoms with van der Waals surface area (Å²) >= 11 is 0. The third-order valence-corrected chi connectivity index (χ3v) is 2.72. The molecule has 0 unspecified atom stereocenters. The molecule has 2 aromatic rings. The van der Waals surface area contributed by atoms with E-state index in [2.05, 4.69) is 15.0 Å². The van der Waals surface area contributed by atoms with Crippen molar-refractivity contribution >= 4 is 11.8 Å². The number of hydrogen-bond donors (Lipinski definition) is 1. The molecular formula is C13H14N4O2. The maximum Gasteiger partial charge on any atom is 0.356 e. The molecule has 0 atom stereocenters. The smallest absolute Gasteiger partial charge is 0.356 e. The van der Waals surface area contributed by atoms with Crippen LogP contribution in [0.25, 0.3) is 0 Å². The van der Waals surface area contributed by atoms with Crippen LogP contribution in [0.2, 0.25) is 0 Å². The second kappa shape index (κ2) is 5.90. The van der Waals surface area contributed by atoms with Crippen molar-refractivity contribution in [3.05, 3.63) is 48.2 Å². The van der Waals surface area contributed by atoms with Crippen LogP contribution >= 0.6 is 0 Å². The van der Waals surface area contributed by atoms with Gasteiger partial charge in [0.25, 0.3) is 0 Å². The summed E-state index contributed by atoms with van der Waals surface area (Å²) in [6.45, 7) is 0.724. The standard InChI is InChI=1S/C13H14N4O2/c1-17(7-4-10-2-5-14-6-3-10)12-9-15-8-11(16-12)13(18)19/h2-3,5-6,8-9H,4,7H2,1H3,(H,18,19). The Morgan fingerprint density at radius 3 is 2.68 bits per heavy atom. The molecule has 0 spiro atoms. The van der Waals surface area contributed by atoms with Crippen molar-refractivity contribution in [2.75, 3.05) is 18.5 Å². The van der Waals surface area contributed by atoms with Crippen LogP contribution in [-0.4, -0.2) is 39.6 Å². The average molecular weight is 258 g/mol. The van der Waals surface area contributed by atoms with E-state index in [0.717, 1.165) is 13.0 Å². The summed E-state index contributed by atoms with van der Waals surface area (Å²) in [5, 5.41) is 8.87. The lowest BCUT2D eigenvalue weighted by Crippen LogP contribution is -2.22. The zero-order valence-corrected chi connectivity index (χ0v) is 10.5. The van der Waals surface area contributed by atoms with Crippen LogP contribution in [0.4, 0.5) is 5.82 Å². The maximum atomic E-state index is 10.8. The van der Waals surface area contributed by atoms with Gasteiger partial charge in [0.15, 0.2) is 5.69 Å². The summed E-state index contributed by atoms with van der Waals surface area (Å²) in [5.41, 5.74) is 1.12. The lowest BCUT2D eigenvalue weighted by molar-refractivity contribution is 0.0690. The summed E-state index contributed by atoms with van der Waals surface area (Å²) < 4.78 is 0. The topological polar surface area (TPSA) is 79.2 Å². The minimum Gasteiger partial charge on any atom is -0.476 e. The van der Waals surface area contributed by atoms with Gasteiger partial charge in [-0.05, 0) is 24.1 Å². The summed E-state index contributed by atoms with van der Waals surface area (Å²) in [6.07, 6.45) is 7.12. The van der Waals surface area contributed by atoms with Crippen LogP contribution in [0.15, 0.2) is 36.9 Å². The molecule has 98 valence electrons. The van der Waals surface area contributed by atoms with Crippen molar-refractivity contribution in [2.24, 2.45) is 0 Å². The number of pyridine rings is 1. The van der Waals surface area contributed by atoms with Gasteiger partial charge in [-0.15, -0.1) is 0 Å². The Morgan fingerprint density at radius 2 is 2.00 bits per heavy atom. The molecule has 6 heteroatoms. The largest absolute Gasteiger partial charge is 0.476 e. The summed E-state index contributed by atoms with van der Waals surface area (Å²) in [5.74, 6) is -0.522. The van der Waals surface area contributed by atoms with Gasteiger partial charge < -0.3 is 10.0 Å². The van der Waals surface area contributed by atoms with Gasteiger partial charge in [-0.1, -0.05) is 0 Å². The van der Waals surface area contributed by atoms with E-state index in [-0.39, 0.29) is 5.69 Å². The van der Waals surface area contributed by atoms with E-state index >= 15 is 0 Å². The Labute approximate surface area is 110 Å². The van der Waals surface area contributed by atoms with Gasteiger partial charge in [-0.3, -0.25) is 9.97 Å². The Balaban J connectivity index is 2.02. The predicted octanol–water partition coefficient (Wildman–Crippen LogP) is 1.25. The van der Waals surface area contributed by atoms with Crippen molar-refractivity contribution in [3.8, 4) is 0 Å². The molecule has 0 aliphatic heterocycles. The monoisotopic (exact) mass is 258 g/mol. The zero-order chi connectivity index (χ0) is 13.7. The molecule has 19 heavy (non-hydrogen) atoms. The number of carboxylic acids is 1. The Kier molecular flexibility index (Phi) is 4.02. The Hall–Kier alpha value is -2.50. The molecule has 0 aliphatic carbocycles. The van der Waals surface area contributed by atoms with Gasteiger partial charge in [0.1, 0.15) is 5.82 Å². The van der Waals surface area contributed by atoms with Crippen LogP contribution < -0.4 is 4.90 Å². The summed E-state index contributed by atoms with van der Waals surface area (Å²) in [4.78, 5) is 24.6. The van der Waals surface area contributed by atoms with Crippen LogP contribution in [0.5, 0.6) is 0 Å². The molecule has 6 nitrogen and oxygen atoms in total. The van der Waals surface area contributed by atoms with Crippen molar-refractivity contribution < 1.29 is 9.90 Å². The fourth-order valence-electron chi connectivity index (χ4n) is 1.60. The number of hydrogen-bond acceptors (Lipinski definition) is 5. The number of aromatic carboxylic acids is 1. The number of likely N-dealkylation sites (N-methyl/N-ethyl adjacent to an activating group) is 1. The van der Waals surface area contributed by atoms with Crippen LogP contribution in [0.1, 0.15) is 16.1 Å². The van der Waals surface area contributed by atoms with Crippen LogP contribution in [-0.2, 0) is 6.42 Å². The molecule has 0 radical (unpaired) electrons. The number of aromatic nitrogens is 3. The van der Waals surface area contributed by atoms with Gasteiger partial charge in [0.05, 0.1) is 12.4 Å². The fourth-order valence-corrected chi connectivity index (χ4v) is 1.60. The molecule has 0 saturated heterocycles. The molecular weight excluding hydrogens is 244 g/mol. The van der Waals surface area contributed by atoms with Gasteiger partial charge in [-0.2, -0.15) is 0 Å². The molecule has 0 saturated carbocycles. The number of anilines is 1. The normalized spacial score (nSPS) is 10.2. The minimum atomic E-state index is -1.07. The van der Waals surface area contributed by atoms with E-state index in [4.69, 9.17) is 5.11 Å². The van der Waals surface area contributed by atoms with E-state index in [0.29, 0.717) is 5.82 Å². The Morgan fingerprint density at radius 1 is 1.26 bits per heavy atom. The SMILES string of the molecule is CN(CCc1ccncc1)c1cncc(C(=O)O)n1. The number of carbonyl (C=O) groups is 1. The molecule has 2 aromatic heterocycles. The first-order valence-electron chi connectivity index (χ1n) is 5.82. The van der Waals surface area contributed by atoms with Crippen molar-refractivity contribution in [1.82, 2.24) is 15.0 Å². The first kappa shape index (κ1) is 12.9. The molecule has 0 amide bonds. The van der Waals surface area contributed by atoms with E-state index in [9.17, 15) is 4.79 Å². The predicted molar refractivity (Wildman–Crippen MR) is 70.2 cm³/mol. The maximum absolute atomic E-state index is 10.8. The van der Waals surface area contributed by atoms with Crippen LogP contribution in [0, 0.1) is 0 Å². The average Bonchev–Trinajstić information content (AvgIpc) is 2.46. The fraction of sp³-hybridized carbons (Fsp3) is 0.231. The first-order chi connectivity index (χ1) is 9.16. The van der Waals surface area contributed by atoms with Crippen molar-refractivity contribution in [3.63, 3.8) is 0 Å². The highest BCUT2D eigenvalue weighted by Crippen LogP contribution is 2.09. The molecule has 0 aliphatic rings. The lowest BCUT2D eigenvalue weighted by atomic mass is 10.2. The van der Waals surface area contributed by atoms with E-state index in [1.54, 1.807) is 18.6 Å². The second-order valence-corrected chi connectivity index (χ2v) is 4.09. The van der Waals surface area contributed by atoms with Gasteiger partial charge in [-0.25, -0.2) is 9.78 Å². The summed E-state index contributed by atoms with van der Waals surface area (Å²) in [6, 6.07) is 3.90.